The van der Waals surface area contributed by atoms with Gasteiger partial charge in [0.2, 0.25) is 0 Å². The molecule has 0 saturated heterocycles. The number of carbonyl (C=O) groups excluding carboxylic acids is 1. The lowest BCUT2D eigenvalue weighted by Gasteiger charge is -2.43. The summed E-state index contributed by atoms with van der Waals surface area (Å²) in [6, 6.07) is 20.1. The Morgan fingerprint density at radius 1 is 1.03 bits per heavy atom. The van der Waals surface area contributed by atoms with Gasteiger partial charge in [-0.3, -0.25) is 9.69 Å². The predicted octanol–water partition coefficient (Wildman–Crippen LogP) is 5.86. The second-order valence-electron chi connectivity index (χ2n) is 9.05. The Morgan fingerprint density at radius 2 is 1.60 bits per heavy atom. The van der Waals surface area contributed by atoms with E-state index in [1.807, 2.05) is 57.2 Å². The highest BCUT2D eigenvalue weighted by Crippen LogP contribution is 2.35. The van der Waals surface area contributed by atoms with E-state index in [0.29, 0.717) is 13.0 Å². The van der Waals surface area contributed by atoms with Gasteiger partial charge in [-0.15, -0.1) is 0 Å². The number of ether oxygens (including phenoxy) is 1. The molecule has 0 radical (unpaired) electrons. The topological polar surface area (TPSA) is 49.8 Å². The van der Waals surface area contributed by atoms with Crippen molar-refractivity contribution in [2.75, 3.05) is 0 Å². The first-order chi connectivity index (χ1) is 14.1. The van der Waals surface area contributed by atoms with Gasteiger partial charge >= 0.3 is 5.97 Å². The Hall–Kier alpha value is -2.17. The molecule has 2 aromatic rings. The molecule has 0 aliphatic rings. The lowest BCUT2D eigenvalue weighted by Crippen LogP contribution is -2.51. The highest BCUT2D eigenvalue weighted by molar-refractivity contribution is 5.71. The zero-order valence-corrected chi connectivity index (χ0v) is 19.1. The van der Waals surface area contributed by atoms with Gasteiger partial charge in [0.15, 0.2) is 0 Å². The maximum absolute atomic E-state index is 12.7. The van der Waals surface area contributed by atoms with Gasteiger partial charge in [0, 0.05) is 12.6 Å². The van der Waals surface area contributed by atoms with E-state index in [1.165, 1.54) is 0 Å². The molecule has 0 bridgehead atoms. The van der Waals surface area contributed by atoms with E-state index in [-0.39, 0.29) is 18.4 Å². The summed E-state index contributed by atoms with van der Waals surface area (Å²) in [5.74, 6) is -0.376. The van der Waals surface area contributed by atoms with Gasteiger partial charge in [0.05, 0.1) is 6.42 Å². The number of esters is 1. The molecule has 2 atom stereocenters. The van der Waals surface area contributed by atoms with Crippen molar-refractivity contribution in [1.82, 2.24) is 4.90 Å². The Kier molecular flexibility index (Phi) is 8.63. The lowest BCUT2D eigenvalue weighted by molar-refractivity contribution is -0.181. The maximum atomic E-state index is 12.7. The Balaban J connectivity index is 2.41. The van der Waals surface area contributed by atoms with Crippen molar-refractivity contribution < 1.29 is 14.6 Å². The van der Waals surface area contributed by atoms with Crippen molar-refractivity contribution in [2.45, 2.75) is 84.2 Å². The summed E-state index contributed by atoms with van der Waals surface area (Å²) in [7, 11) is 0. The minimum atomic E-state index is -1.30. The number of hydrogen-bond donors (Lipinski definition) is 1. The largest absolute Gasteiger partial charge is 0.460 e. The number of benzene rings is 2. The van der Waals surface area contributed by atoms with Crippen LogP contribution in [0.2, 0.25) is 0 Å². The summed E-state index contributed by atoms with van der Waals surface area (Å²) in [5, 5.41) is 11.9. The second-order valence-corrected chi connectivity index (χ2v) is 9.05. The molecule has 1 N–H and O–H groups in total. The molecular weight excluding hydrogens is 374 g/mol. The monoisotopic (exact) mass is 411 g/mol. The molecule has 0 saturated carbocycles. The van der Waals surface area contributed by atoms with Gasteiger partial charge in [-0.25, -0.2) is 0 Å². The van der Waals surface area contributed by atoms with Crippen LogP contribution in [0.1, 0.15) is 77.5 Å². The van der Waals surface area contributed by atoms with Gasteiger partial charge < -0.3 is 9.84 Å². The van der Waals surface area contributed by atoms with Gasteiger partial charge in [-0.1, -0.05) is 74.0 Å². The van der Waals surface area contributed by atoms with E-state index in [1.54, 1.807) is 0 Å². The highest BCUT2D eigenvalue weighted by atomic mass is 16.6. The SMILES string of the molecule is CCCC[C@](O)(CC(=O)OC(C)(C)C)N(Cc1ccccc1)[C@@H](C)c1ccccc1. The second kappa shape index (κ2) is 10.7. The van der Waals surface area contributed by atoms with Crippen molar-refractivity contribution >= 4 is 5.97 Å². The first kappa shape index (κ1) is 24.1. The highest BCUT2D eigenvalue weighted by Gasteiger charge is 2.40. The molecule has 0 spiro atoms. The molecule has 164 valence electrons. The average Bonchev–Trinajstić information content (AvgIpc) is 2.70. The summed E-state index contributed by atoms with van der Waals surface area (Å²) in [4.78, 5) is 14.8. The zero-order valence-electron chi connectivity index (χ0n) is 19.1. The van der Waals surface area contributed by atoms with Crippen molar-refractivity contribution in [2.24, 2.45) is 0 Å². The molecule has 0 aliphatic heterocycles. The normalized spacial score (nSPS) is 14.9. The fourth-order valence-electron chi connectivity index (χ4n) is 3.74. The van der Waals surface area contributed by atoms with Gasteiger partial charge in [-0.2, -0.15) is 0 Å². The predicted molar refractivity (Wildman–Crippen MR) is 122 cm³/mol. The summed E-state index contributed by atoms with van der Waals surface area (Å²) < 4.78 is 5.57. The molecule has 30 heavy (non-hydrogen) atoms. The van der Waals surface area contributed by atoms with E-state index >= 15 is 0 Å². The number of hydrogen-bond acceptors (Lipinski definition) is 4. The van der Waals surface area contributed by atoms with Crippen LogP contribution in [0, 0.1) is 0 Å². The molecule has 0 aromatic heterocycles. The van der Waals surface area contributed by atoms with E-state index < -0.39 is 11.3 Å². The molecule has 0 heterocycles. The molecule has 0 aliphatic carbocycles. The summed E-state index contributed by atoms with van der Waals surface area (Å²) >= 11 is 0. The van der Waals surface area contributed by atoms with Crippen LogP contribution in [0.15, 0.2) is 60.7 Å². The van der Waals surface area contributed by atoms with Crippen LogP contribution < -0.4 is 0 Å². The molecule has 2 aromatic carbocycles. The molecule has 0 unspecified atom stereocenters. The van der Waals surface area contributed by atoms with Gasteiger partial charge in [-0.05, 0) is 51.7 Å². The Labute approximate surface area is 181 Å². The van der Waals surface area contributed by atoms with E-state index in [9.17, 15) is 9.90 Å². The van der Waals surface area contributed by atoms with E-state index in [2.05, 4.69) is 43.0 Å². The molecule has 0 fully saturated rings. The molecule has 4 nitrogen and oxygen atoms in total. The summed E-state index contributed by atoms with van der Waals surface area (Å²) in [5.41, 5.74) is 0.313. The molecule has 0 amide bonds. The standard InChI is InChI=1S/C26H37NO3/c1-6-7-18-26(29,19-24(28)30-25(3,4)5)27(20-22-14-10-8-11-15-22)21(2)23-16-12-9-13-17-23/h8-17,21,29H,6-7,18-20H2,1-5H3/t21-,26-/m0/s1. The minimum Gasteiger partial charge on any atom is -0.460 e. The number of aliphatic hydroxyl groups is 1. The van der Waals surface area contributed by atoms with Crippen LogP contribution in [0.5, 0.6) is 0 Å². The van der Waals surface area contributed by atoms with Crippen molar-refractivity contribution in [3.05, 3.63) is 71.8 Å². The van der Waals surface area contributed by atoms with Gasteiger partial charge in [0.25, 0.3) is 0 Å². The number of unbranched alkanes of at least 4 members (excludes halogenated alkanes) is 1. The van der Waals surface area contributed by atoms with Crippen LogP contribution >= 0.6 is 0 Å². The third kappa shape index (κ3) is 7.26. The Morgan fingerprint density at radius 3 is 2.13 bits per heavy atom. The van der Waals surface area contributed by atoms with Crippen LogP contribution in [-0.2, 0) is 16.1 Å². The van der Waals surface area contributed by atoms with Crippen LogP contribution in [-0.4, -0.2) is 27.3 Å². The smallest absolute Gasteiger partial charge is 0.310 e. The van der Waals surface area contributed by atoms with Crippen molar-refractivity contribution in [3.63, 3.8) is 0 Å². The van der Waals surface area contributed by atoms with E-state index in [4.69, 9.17) is 4.74 Å². The number of rotatable bonds is 10. The van der Waals surface area contributed by atoms with Crippen molar-refractivity contribution in [3.8, 4) is 0 Å². The van der Waals surface area contributed by atoms with Crippen LogP contribution in [0.25, 0.3) is 0 Å². The third-order valence-corrected chi connectivity index (χ3v) is 5.26. The van der Waals surface area contributed by atoms with Crippen LogP contribution in [0.3, 0.4) is 0 Å². The van der Waals surface area contributed by atoms with E-state index in [0.717, 1.165) is 24.0 Å². The fourth-order valence-corrected chi connectivity index (χ4v) is 3.74. The fraction of sp³-hybridized carbons (Fsp3) is 0.500. The van der Waals surface area contributed by atoms with Gasteiger partial charge in [0.1, 0.15) is 11.3 Å². The first-order valence-corrected chi connectivity index (χ1v) is 10.9. The maximum Gasteiger partial charge on any atom is 0.310 e. The summed E-state index contributed by atoms with van der Waals surface area (Å²) in [6.45, 7) is 10.3. The first-order valence-electron chi connectivity index (χ1n) is 10.9. The molecule has 2 rings (SSSR count). The van der Waals surface area contributed by atoms with Crippen LogP contribution in [0.4, 0.5) is 0 Å². The summed E-state index contributed by atoms with van der Waals surface area (Å²) in [6.07, 6.45) is 2.21. The zero-order chi connectivity index (χ0) is 22.2. The number of carbonyl (C=O) groups is 1. The quantitative estimate of drug-likeness (QED) is 0.393. The lowest BCUT2D eigenvalue weighted by atomic mass is 9.94. The Bertz CT molecular complexity index is 770. The number of nitrogens with zero attached hydrogens (tertiary/aromatic N) is 1. The molecule has 4 heteroatoms. The van der Waals surface area contributed by atoms with Crippen molar-refractivity contribution in [1.29, 1.82) is 0 Å². The minimum absolute atomic E-state index is 0.0612. The molecular formula is C26H37NO3. The third-order valence-electron chi connectivity index (χ3n) is 5.26. The average molecular weight is 412 g/mol.